The summed E-state index contributed by atoms with van der Waals surface area (Å²) in [5, 5.41) is 10.8. The van der Waals surface area contributed by atoms with Gasteiger partial charge >= 0.3 is 6.01 Å². The van der Waals surface area contributed by atoms with Gasteiger partial charge in [0.05, 0.1) is 20.8 Å². The number of hydrogen-bond acceptors (Lipinski definition) is 9. The summed E-state index contributed by atoms with van der Waals surface area (Å²) in [7, 11) is 0. The van der Waals surface area contributed by atoms with Crippen LogP contribution in [0.2, 0.25) is 5.02 Å². The molecule has 0 amide bonds. The predicted molar refractivity (Wildman–Crippen MR) is 184 cm³/mol. The second-order valence-electron chi connectivity index (χ2n) is 14.3. The van der Waals surface area contributed by atoms with E-state index in [0.29, 0.717) is 42.2 Å². The Morgan fingerprint density at radius 3 is 2.69 bits per heavy atom. The Hall–Kier alpha value is -3.37. The van der Waals surface area contributed by atoms with Crippen molar-refractivity contribution in [1.29, 1.82) is 5.26 Å². The van der Waals surface area contributed by atoms with Crippen molar-refractivity contribution >= 4 is 54.7 Å². The summed E-state index contributed by atoms with van der Waals surface area (Å²) in [6.07, 6.45) is 3.40. The van der Waals surface area contributed by atoms with Crippen LogP contribution in [0.25, 0.3) is 32.1 Å². The van der Waals surface area contributed by atoms with Crippen LogP contribution >= 0.6 is 22.9 Å². The molecule has 252 valence electrons. The third-order valence-electron chi connectivity index (χ3n) is 10.8. The Morgan fingerprint density at radius 2 is 1.96 bits per heavy atom. The van der Waals surface area contributed by atoms with Crippen molar-refractivity contribution in [2.45, 2.75) is 69.7 Å². The minimum atomic E-state index is -0.918. The first-order valence-corrected chi connectivity index (χ1v) is 17.9. The molecule has 48 heavy (non-hydrogen) atoms. The van der Waals surface area contributed by atoms with Gasteiger partial charge in [-0.25, -0.2) is 13.2 Å². The molecule has 2 bridgehead atoms. The summed E-state index contributed by atoms with van der Waals surface area (Å²) in [6.45, 7) is 8.32. The van der Waals surface area contributed by atoms with Crippen molar-refractivity contribution in [3.05, 3.63) is 40.4 Å². The molecule has 4 fully saturated rings. The Labute approximate surface area is 286 Å². The smallest absolute Gasteiger partial charge is 0.319 e. The van der Waals surface area contributed by atoms with Crippen LogP contribution in [0.1, 0.15) is 51.5 Å². The second-order valence-corrected chi connectivity index (χ2v) is 15.7. The molecule has 4 aliphatic heterocycles. The molecule has 4 aromatic rings. The number of thiophene rings is 1. The number of fused-ring (bicyclic) bond motifs is 5. The van der Waals surface area contributed by atoms with Gasteiger partial charge < -0.3 is 15.4 Å². The molecule has 4 aliphatic rings. The molecular weight excluding hydrogens is 659 g/mol. The van der Waals surface area contributed by atoms with Gasteiger partial charge in [-0.05, 0) is 55.8 Å². The molecular formula is C35H37ClF3N7OS. The molecule has 2 aromatic heterocycles. The normalized spacial score (nSPS) is 25.9. The number of nitriles is 1. The Morgan fingerprint density at radius 1 is 1.19 bits per heavy atom. The van der Waals surface area contributed by atoms with E-state index in [0.717, 1.165) is 63.2 Å². The first kappa shape index (κ1) is 31.9. The van der Waals surface area contributed by atoms with Gasteiger partial charge in [0.15, 0.2) is 5.82 Å². The number of alkyl halides is 1. The summed E-state index contributed by atoms with van der Waals surface area (Å²) < 4.78 is 53.0. The number of nitrogen functional groups attached to an aromatic ring is 1. The van der Waals surface area contributed by atoms with Crippen molar-refractivity contribution in [1.82, 2.24) is 19.8 Å². The summed E-state index contributed by atoms with van der Waals surface area (Å²) in [5.74, 6) is -0.198. The zero-order valence-electron chi connectivity index (χ0n) is 26.9. The highest BCUT2D eigenvalue weighted by Gasteiger charge is 2.49. The van der Waals surface area contributed by atoms with E-state index < -0.39 is 23.3 Å². The van der Waals surface area contributed by atoms with Gasteiger partial charge in [0.2, 0.25) is 0 Å². The number of ether oxygens (including phenoxy) is 1. The molecule has 0 saturated carbocycles. The number of nitrogens with two attached hydrogens (primary N) is 1. The highest BCUT2D eigenvalue weighted by atomic mass is 35.5. The fraction of sp³-hybridized carbons (Fsp3) is 0.514. The summed E-state index contributed by atoms with van der Waals surface area (Å²) in [4.78, 5) is 16.5. The SMILES string of the molecule is CC(C)CN1[C@@H]2CC[C@H]1CN(c1nc(OC[C@@]34CCCN3C[C@H](F)C4)nc3c(F)c(-c4ccc(F)c5sc(N)c(C#N)c45)c(Cl)cc13)C2. The van der Waals surface area contributed by atoms with Crippen LogP contribution in [0.3, 0.4) is 0 Å². The number of anilines is 2. The lowest BCUT2D eigenvalue weighted by Gasteiger charge is -2.42. The topological polar surface area (TPSA) is 94.5 Å². The minimum absolute atomic E-state index is 0.00230. The molecule has 6 heterocycles. The van der Waals surface area contributed by atoms with Crippen LogP contribution in [-0.2, 0) is 0 Å². The summed E-state index contributed by atoms with van der Waals surface area (Å²) >= 11 is 7.85. The van der Waals surface area contributed by atoms with E-state index in [1.54, 1.807) is 6.07 Å². The average Bonchev–Trinajstić information content (AvgIpc) is 3.74. The van der Waals surface area contributed by atoms with Crippen molar-refractivity contribution in [2.75, 3.05) is 50.0 Å². The van der Waals surface area contributed by atoms with Crippen molar-refractivity contribution in [3.63, 3.8) is 0 Å². The maximum atomic E-state index is 17.1. The molecule has 13 heteroatoms. The molecule has 0 aliphatic carbocycles. The largest absolute Gasteiger partial charge is 0.461 e. The molecule has 4 saturated heterocycles. The summed E-state index contributed by atoms with van der Waals surface area (Å²) in [5.41, 5.74) is 6.00. The number of halogens is 4. The van der Waals surface area contributed by atoms with Gasteiger partial charge in [-0.3, -0.25) is 9.80 Å². The van der Waals surface area contributed by atoms with Crippen molar-refractivity contribution in [2.24, 2.45) is 5.92 Å². The molecule has 0 spiro atoms. The highest BCUT2D eigenvalue weighted by Crippen LogP contribution is 2.47. The van der Waals surface area contributed by atoms with Gasteiger partial charge in [-0.2, -0.15) is 15.2 Å². The number of nitrogens with zero attached hydrogens (tertiary/aromatic N) is 6. The number of rotatable bonds is 7. The lowest BCUT2D eigenvalue weighted by atomic mass is 9.95. The third-order valence-corrected chi connectivity index (χ3v) is 12.1. The number of hydrogen-bond donors (Lipinski definition) is 1. The van der Waals surface area contributed by atoms with Crippen LogP contribution in [0.4, 0.5) is 24.0 Å². The highest BCUT2D eigenvalue weighted by molar-refractivity contribution is 7.23. The van der Waals surface area contributed by atoms with Crippen LogP contribution in [0, 0.1) is 28.9 Å². The van der Waals surface area contributed by atoms with E-state index in [2.05, 4.69) is 39.6 Å². The fourth-order valence-corrected chi connectivity index (χ4v) is 9.99. The van der Waals surface area contributed by atoms with Crippen LogP contribution in [-0.4, -0.2) is 82.9 Å². The minimum Gasteiger partial charge on any atom is -0.461 e. The van der Waals surface area contributed by atoms with Crippen molar-refractivity contribution < 1.29 is 17.9 Å². The van der Waals surface area contributed by atoms with E-state index in [1.165, 1.54) is 12.1 Å². The van der Waals surface area contributed by atoms with Gasteiger partial charge in [-0.1, -0.05) is 31.5 Å². The quantitative estimate of drug-likeness (QED) is 0.218. The van der Waals surface area contributed by atoms with E-state index in [1.807, 2.05) is 0 Å². The lowest BCUT2D eigenvalue weighted by molar-refractivity contribution is 0.107. The van der Waals surface area contributed by atoms with E-state index in [-0.39, 0.29) is 54.9 Å². The first-order valence-electron chi connectivity index (χ1n) is 16.7. The predicted octanol–water partition coefficient (Wildman–Crippen LogP) is 7.16. The lowest BCUT2D eigenvalue weighted by Crippen LogP contribution is -2.54. The van der Waals surface area contributed by atoms with Crippen LogP contribution in [0.15, 0.2) is 18.2 Å². The molecule has 8 nitrogen and oxygen atoms in total. The van der Waals surface area contributed by atoms with Gasteiger partial charge in [-0.15, -0.1) is 11.3 Å². The fourth-order valence-electron chi connectivity index (χ4n) is 8.75. The maximum Gasteiger partial charge on any atom is 0.319 e. The van der Waals surface area contributed by atoms with Gasteiger partial charge in [0.25, 0.3) is 0 Å². The molecule has 4 atom stereocenters. The summed E-state index contributed by atoms with van der Waals surface area (Å²) in [6, 6.07) is 7.07. The zero-order valence-corrected chi connectivity index (χ0v) is 28.5. The van der Waals surface area contributed by atoms with E-state index in [9.17, 15) is 14.0 Å². The Bertz CT molecular complexity index is 1970. The van der Waals surface area contributed by atoms with Crippen LogP contribution < -0.4 is 15.4 Å². The second kappa shape index (κ2) is 11.9. The Balaban J connectivity index is 1.26. The molecule has 0 radical (unpaired) electrons. The van der Waals surface area contributed by atoms with Gasteiger partial charge in [0, 0.05) is 61.0 Å². The molecule has 0 unspecified atom stereocenters. The molecule has 8 rings (SSSR count). The van der Waals surface area contributed by atoms with Crippen molar-refractivity contribution in [3.8, 4) is 23.2 Å². The monoisotopic (exact) mass is 695 g/mol. The molecule has 2 aromatic carbocycles. The van der Waals surface area contributed by atoms with E-state index >= 15 is 4.39 Å². The standard InChI is InChI=1S/C35H37ClF3N7OS/c1-18(2)13-46-20-4-5-21(46)16-44(15-20)33-23-10-25(36)28(22-6-7-26(38)31-27(22)24(12-40)32(41)48-31)29(39)30(23)42-34(43-33)47-17-35-8-3-9-45(35)14-19(37)11-35/h6-7,10,18-21H,3-5,8-9,11,13-17,41H2,1-2H3/t19-,20-,21+,35+/m1/s1. The molecule has 2 N–H and O–H groups in total. The van der Waals surface area contributed by atoms with E-state index in [4.69, 9.17) is 27.1 Å². The van der Waals surface area contributed by atoms with Gasteiger partial charge in [0.1, 0.15) is 41.0 Å². The maximum absolute atomic E-state index is 17.1. The number of piperazine rings is 1. The Kier molecular flexibility index (Phi) is 7.90. The number of benzene rings is 2. The van der Waals surface area contributed by atoms with Crippen LogP contribution in [0.5, 0.6) is 6.01 Å². The third kappa shape index (κ3) is 5.08. The zero-order chi connectivity index (χ0) is 33.5. The first-order chi connectivity index (χ1) is 23.1. The average molecular weight is 696 g/mol. The number of aromatic nitrogens is 2.